The number of anilines is 1. The maximum atomic E-state index is 12.4. The molecule has 0 aliphatic carbocycles. The molecule has 6 heteroatoms. The predicted molar refractivity (Wildman–Crippen MR) is 106 cm³/mol. The molecule has 0 saturated carbocycles. The number of benzene rings is 1. The number of thiophene rings is 1. The molecule has 3 N–H and O–H groups in total. The Morgan fingerprint density at radius 1 is 1.27 bits per heavy atom. The molecule has 2 aromatic heterocycles. The lowest BCUT2D eigenvalue weighted by molar-refractivity contribution is -0.111. The van der Waals surface area contributed by atoms with Gasteiger partial charge in [0.25, 0.3) is 5.91 Å². The number of rotatable bonds is 5. The molecule has 1 aromatic carbocycles. The van der Waals surface area contributed by atoms with Gasteiger partial charge in [-0.15, -0.1) is 11.3 Å². The standard InChI is InChI=1S/C20H20N2O3S/c1-4-15-14(13-7-5-6-8-16(13)25-15)9-10-17(23)22-20-18(19(21)24)11(2)12(3)26-20/h5-10H,4H2,1-3H3,(H2,21,24)(H,22,23)/b10-9+. The van der Waals surface area contributed by atoms with Gasteiger partial charge >= 0.3 is 0 Å². The lowest BCUT2D eigenvalue weighted by atomic mass is 10.1. The zero-order valence-electron chi connectivity index (χ0n) is 14.9. The molecular weight excluding hydrogens is 348 g/mol. The second-order valence-electron chi connectivity index (χ2n) is 5.96. The lowest BCUT2D eigenvalue weighted by Gasteiger charge is -2.02. The van der Waals surface area contributed by atoms with Crippen molar-refractivity contribution in [3.63, 3.8) is 0 Å². The highest BCUT2D eigenvalue weighted by Crippen LogP contribution is 2.32. The molecule has 0 bridgehead atoms. The number of hydrogen-bond acceptors (Lipinski definition) is 4. The number of primary amides is 1. The summed E-state index contributed by atoms with van der Waals surface area (Å²) in [5.74, 6) is -0.0304. The van der Waals surface area contributed by atoms with Crippen molar-refractivity contribution in [3.8, 4) is 0 Å². The van der Waals surface area contributed by atoms with Crippen LogP contribution in [0.1, 0.15) is 39.0 Å². The summed E-state index contributed by atoms with van der Waals surface area (Å²) in [6.07, 6.45) is 3.92. The molecule has 0 spiro atoms. The number of nitrogens with one attached hydrogen (secondary N) is 1. The van der Waals surface area contributed by atoms with Gasteiger partial charge in [-0.3, -0.25) is 9.59 Å². The molecule has 3 aromatic rings. The molecule has 134 valence electrons. The molecule has 3 rings (SSSR count). The summed E-state index contributed by atoms with van der Waals surface area (Å²) < 4.78 is 5.83. The quantitative estimate of drug-likeness (QED) is 0.654. The van der Waals surface area contributed by atoms with Gasteiger partial charge in [-0.1, -0.05) is 25.1 Å². The van der Waals surface area contributed by atoms with Crippen LogP contribution in [0.25, 0.3) is 17.0 Å². The SMILES string of the molecule is CCc1oc2ccccc2c1/C=C/C(=O)Nc1sc(C)c(C)c1C(N)=O. The van der Waals surface area contributed by atoms with Crippen molar-refractivity contribution in [2.45, 2.75) is 27.2 Å². The van der Waals surface area contributed by atoms with E-state index >= 15 is 0 Å². The molecule has 2 heterocycles. The fraction of sp³-hybridized carbons (Fsp3) is 0.200. The predicted octanol–water partition coefficient (Wildman–Crippen LogP) is 4.42. The Hall–Kier alpha value is -2.86. The average Bonchev–Trinajstić information content (AvgIpc) is 3.10. The number of hydrogen-bond donors (Lipinski definition) is 2. The minimum absolute atomic E-state index is 0.318. The number of aryl methyl sites for hydroxylation is 2. The van der Waals surface area contributed by atoms with Crippen molar-refractivity contribution in [2.75, 3.05) is 5.32 Å². The Morgan fingerprint density at radius 3 is 2.69 bits per heavy atom. The average molecular weight is 368 g/mol. The monoisotopic (exact) mass is 368 g/mol. The third-order valence-electron chi connectivity index (χ3n) is 4.30. The number of amides is 2. The van der Waals surface area contributed by atoms with E-state index in [2.05, 4.69) is 5.32 Å². The normalized spacial score (nSPS) is 11.3. The van der Waals surface area contributed by atoms with E-state index in [0.717, 1.165) is 39.2 Å². The molecule has 0 saturated heterocycles. The molecule has 26 heavy (non-hydrogen) atoms. The first-order chi connectivity index (χ1) is 12.4. The summed E-state index contributed by atoms with van der Waals surface area (Å²) in [6, 6.07) is 7.72. The molecule has 5 nitrogen and oxygen atoms in total. The summed E-state index contributed by atoms with van der Waals surface area (Å²) in [5, 5.41) is 4.21. The van der Waals surface area contributed by atoms with Gasteiger partial charge in [-0.05, 0) is 31.6 Å². The maximum Gasteiger partial charge on any atom is 0.251 e. The van der Waals surface area contributed by atoms with Gasteiger partial charge in [-0.25, -0.2) is 0 Å². The Bertz CT molecular complexity index is 1030. The number of nitrogens with two attached hydrogens (primary N) is 1. The molecule has 0 atom stereocenters. The van der Waals surface area contributed by atoms with Gasteiger partial charge in [0.1, 0.15) is 16.3 Å². The van der Waals surface area contributed by atoms with E-state index in [-0.39, 0.29) is 5.91 Å². The van der Waals surface area contributed by atoms with Crippen molar-refractivity contribution < 1.29 is 14.0 Å². The van der Waals surface area contributed by atoms with Crippen LogP contribution in [0.15, 0.2) is 34.8 Å². The summed E-state index contributed by atoms with van der Waals surface area (Å²) in [4.78, 5) is 25.0. The van der Waals surface area contributed by atoms with E-state index in [1.165, 1.54) is 17.4 Å². The van der Waals surface area contributed by atoms with Crippen molar-refractivity contribution >= 4 is 45.2 Å². The van der Waals surface area contributed by atoms with Crippen LogP contribution in [0.3, 0.4) is 0 Å². The smallest absolute Gasteiger partial charge is 0.251 e. The van der Waals surface area contributed by atoms with Crippen LogP contribution < -0.4 is 11.1 Å². The van der Waals surface area contributed by atoms with Gasteiger partial charge < -0.3 is 15.5 Å². The molecular formula is C20H20N2O3S. The van der Waals surface area contributed by atoms with E-state index in [9.17, 15) is 9.59 Å². The molecule has 0 unspecified atom stereocenters. The van der Waals surface area contributed by atoms with Crippen LogP contribution in [0.2, 0.25) is 0 Å². The number of carbonyl (C=O) groups excluding carboxylic acids is 2. The van der Waals surface area contributed by atoms with Gasteiger partial charge in [0.15, 0.2) is 0 Å². The van der Waals surface area contributed by atoms with Crippen molar-refractivity contribution in [3.05, 3.63) is 57.7 Å². The van der Waals surface area contributed by atoms with Crippen molar-refractivity contribution in [2.24, 2.45) is 5.73 Å². The summed E-state index contributed by atoms with van der Waals surface area (Å²) >= 11 is 1.35. The van der Waals surface area contributed by atoms with Crippen LogP contribution in [0.4, 0.5) is 5.00 Å². The second kappa shape index (κ2) is 7.17. The van der Waals surface area contributed by atoms with Crippen LogP contribution in [-0.2, 0) is 11.2 Å². The lowest BCUT2D eigenvalue weighted by Crippen LogP contribution is -2.16. The first kappa shape index (κ1) is 17.9. The van der Waals surface area contributed by atoms with Crippen LogP contribution >= 0.6 is 11.3 Å². The Morgan fingerprint density at radius 2 is 2.00 bits per heavy atom. The zero-order chi connectivity index (χ0) is 18.8. The van der Waals surface area contributed by atoms with Crippen molar-refractivity contribution in [1.29, 1.82) is 0 Å². The highest BCUT2D eigenvalue weighted by Gasteiger charge is 2.18. The Labute approximate surface area is 155 Å². The summed E-state index contributed by atoms with van der Waals surface area (Å²) in [7, 11) is 0. The molecule has 0 radical (unpaired) electrons. The van der Waals surface area contributed by atoms with Gasteiger partial charge in [0.05, 0.1) is 5.56 Å². The largest absolute Gasteiger partial charge is 0.460 e. The van der Waals surface area contributed by atoms with Gasteiger partial charge in [0.2, 0.25) is 5.91 Å². The highest BCUT2D eigenvalue weighted by molar-refractivity contribution is 7.16. The summed E-state index contributed by atoms with van der Waals surface area (Å²) in [5.41, 5.74) is 8.31. The third-order valence-corrected chi connectivity index (χ3v) is 5.42. The molecule has 0 aliphatic heterocycles. The van der Waals surface area contributed by atoms with Crippen LogP contribution in [0, 0.1) is 13.8 Å². The fourth-order valence-electron chi connectivity index (χ4n) is 2.89. The van der Waals surface area contributed by atoms with Crippen LogP contribution in [-0.4, -0.2) is 11.8 Å². The molecule has 0 aliphatic rings. The first-order valence-corrected chi connectivity index (χ1v) is 9.13. The van der Waals surface area contributed by atoms with E-state index in [1.54, 1.807) is 6.08 Å². The summed E-state index contributed by atoms with van der Waals surface area (Å²) in [6.45, 7) is 5.72. The number of carbonyl (C=O) groups is 2. The number of furan rings is 1. The second-order valence-corrected chi connectivity index (χ2v) is 7.19. The van der Waals surface area contributed by atoms with E-state index in [4.69, 9.17) is 10.2 Å². The third kappa shape index (κ3) is 3.28. The van der Waals surface area contributed by atoms with Crippen molar-refractivity contribution in [1.82, 2.24) is 0 Å². The number of fused-ring (bicyclic) bond motifs is 1. The minimum atomic E-state index is -0.541. The number of para-hydroxylation sites is 1. The van der Waals surface area contributed by atoms with E-state index in [0.29, 0.717) is 10.6 Å². The fourth-order valence-corrected chi connectivity index (χ4v) is 3.95. The van der Waals surface area contributed by atoms with Gasteiger partial charge in [-0.2, -0.15) is 0 Å². The van der Waals surface area contributed by atoms with Crippen LogP contribution in [0.5, 0.6) is 0 Å². The van der Waals surface area contributed by atoms with Gasteiger partial charge in [0, 0.05) is 28.3 Å². The Balaban J connectivity index is 1.88. The maximum absolute atomic E-state index is 12.4. The zero-order valence-corrected chi connectivity index (χ0v) is 15.7. The Kier molecular flexibility index (Phi) is 4.95. The minimum Gasteiger partial charge on any atom is -0.460 e. The van der Waals surface area contributed by atoms with E-state index < -0.39 is 5.91 Å². The molecule has 2 amide bonds. The molecule has 0 fully saturated rings. The van der Waals surface area contributed by atoms with E-state index in [1.807, 2.05) is 45.0 Å². The first-order valence-electron chi connectivity index (χ1n) is 8.31. The highest BCUT2D eigenvalue weighted by atomic mass is 32.1. The topological polar surface area (TPSA) is 85.3 Å².